The molecule has 6 heteroatoms. The number of ether oxygens (including phenoxy) is 1. The van der Waals surface area contributed by atoms with Crippen molar-refractivity contribution in [1.82, 2.24) is 10.3 Å². The molecule has 0 fully saturated rings. The number of amides is 1. The predicted molar refractivity (Wildman–Crippen MR) is 123 cm³/mol. The van der Waals surface area contributed by atoms with Crippen LogP contribution in [0.4, 0.5) is 5.82 Å². The number of carbonyl (C=O) groups excluding carboxylic acids is 2. The maximum absolute atomic E-state index is 12.3. The van der Waals surface area contributed by atoms with Crippen molar-refractivity contribution in [1.29, 1.82) is 0 Å². The second kappa shape index (κ2) is 10.6. The summed E-state index contributed by atoms with van der Waals surface area (Å²) in [5.41, 5.74) is 3.72. The van der Waals surface area contributed by atoms with Gasteiger partial charge in [-0.1, -0.05) is 43.7 Å². The molecular weight excluding hydrogens is 390 g/mol. The molecule has 2 aromatic carbocycles. The highest BCUT2D eigenvalue weighted by Gasteiger charge is 2.14. The number of rotatable bonds is 9. The van der Waals surface area contributed by atoms with Crippen LogP contribution in [0, 0.1) is 6.92 Å². The van der Waals surface area contributed by atoms with Gasteiger partial charge in [-0.05, 0) is 48.7 Å². The molecule has 0 bridgehead atoms. The van der Waals surface area contributed by atoms with Gasteiger partial charge in [0.2, 0.25) is 0 Å². The molecule has 1 aromatic heterocycles. The zero-order valence-corrected chi connectivity index (χ0v) is 18.3. The van der Waals surface area contributed by atoms with Crippen LogP contribution >= 0.6 is 0 Å². The Balaban J connectivity index is 1.72. The Morgan fingerprint density at radius 1 is 1.10 bits per heavy atom. The van der Waals surface area contributed by atoms with Crippen LogP contribution in [0.3, 0.4) is 0 Å². The summed E-state index contributed by atoms with van der Waals surface area (Å²) >= 11 is 0. The highest BCUT2D eigenvalue weighted by Crippen LogP contribution is 2.27. The van der Waals surface area contributed by atoms with Crippen LogP contribution in [0.2, 0.25) is 0 Å². The van der Waals surface area contributed by atoms with Crippen molar-refractivity contribution in [2.45, 2.75) is 39.2 Å². The number of benzene rings is 2. The molecule has 0 aliphatic heterocycles. The number of pyridine rings is 1. The van der Waals surface area contributed by atoms with Crippen LogP contribution in [0.1, 0.15) is 53.7 Å². The number of nitrogens with one attached hydrogen (secondary N) is 2. The molecule has 3 rings (SSSR count). The van der Waals surface area contributed by atoms with Crippen molar-refractivity contribution in [3.8, 4) is 0 Å². The molecule has 1 amide bonds. The Morgan fingerprint density at radius 2 is 1.84 bits per heavy atom. The number of hydrogen-bond acceptors (Lipinski definition) is 5. The zero-order chi connectivity index (χ0) is 22.2. The monoisotopic (exact) mass is 419 g/mol. The van der Waals surface area contributed by atoms with Crippen LogP contribution in [-0.2, 0) is 9.53 Å². The van der Waals surface area contributed by atoms with Crippen LogP contribution in [0.25, 0.3) is 10.9 Å². The van der Waals surface area contributed by atoms with Gasteiger partial charge < -0.3 is 15.4 Å². The summed E-state index contributed by atoms with van der Waals surface area (Å²) in [4.78, 5) is 28.3. The zero-order valence-electron chi connectivity index (χ0n) is 18.3. The van der Waals surface area contributed by atoms with E-state index in [2.05, 4.69) is 41.4 Å². The van der Waals surface area contributed by atoms with Crippen LogP contribution in [0.15, 0.2) is 54.6 Å². The summed E-state index contributed by atoms with van der Waals surface area (Å²) in [7, 11) is 1.33. The average Bonchev–Trinajstić information content (AvgIpc) is 2.79. The van der Waals surface area contributed by atoms with Crippen molar-refractivity contribution in [3.63, 3.8) is 0 Å². The van der Waals surface area contributed by atoms with Gasteiger partial charge in [-0.25, -0.2) is 4.98 Å². The highest BCUT2D eigenvalue weighted by molar-refractivity contribution is 5.94. The van der Waals surface area contributed by atoms with Gasteiger partial charge in [-0.15, -0.1) is 0 Å². The first-order valence-corrected chi connectivity index (χ1v) is 10.6. The van der Waals surface area contributed by atoms with Crippen molar-refractivity contribution in [3.05, 3.63) is 71.3 Å². The minimum Gasteiger partial charge on any atom is -0.469 e. The van der Waals surface area contributed by atoms with Crippen molar-refractivity contribution in [2.24, 2.45) is 0 Å². The number of aryl methyl sites for hydroxylation is 1. The van der Waals surface area contributed by atoms with Gasteiger partial charge in [-0.2, -0.15) is 0 Å². The Kier molecular flexibility index (Phi) is 7.60. The molecule has 0 aliphatic rings. The molecule has 1 heterocycles. The molecular formula is C25H29N3O3. The normalized spacial score (nSPS) is 11.7. The highest BCUT2D eigenvalue weighted by atomic mass is 16.5. The number of carbonyl (C=O) groups is 2. The van der Waals surface area contributed by atoms with Crippen molar-refractivity contribution < 1.29 is 14.3 Å². The third-order valence-corrected chi connectivity index (χ3v) is 5.22. The number of methoxy groups -OCH3 is 1. The molecule has 0 spiro atoms. The van der Waals surface area contributed by atoms with E-state index < -0.39 is 0 Å². The molecule has 2 N–H and O–H groups in total. The molecule has 3 aromatic rings. The molecule has 0 saturated carbocycles. The maximum Gasteiger partial charge on any atom is 0.307 e. The summed E-state index contributed by atoms with van der Waals surface area (Å²) in [6, 6.07) is 17.9. The third-order valence-electron chi connectivity index (χ3n) is 5.22. The van der Waals surface area contributed by atoms with Crippen molar-refractivity contribution >= 4 is 28.6 Å². The van der Waals surface area contributed by atoms with Gasteiger partial charge in [0.25, 0.3) is 5.91 Å². The van der Waals surface area contributed by atoms with E-state index in [0.29, 0.717) is 5.56 Å². The number of fused-ring (bicyclic) bond motifs is 1. The third kappa shape index (κ3) is 5.81. The van der Waals surface area contributed by atoms with E-state index in [1.54, 1.807) is 0 Å². The fourth-order valence-corrected chi connectivity index (χ4v) is 3.49. The largest absolute Gasteiger partial charge is 0.469 e. The lowest BCUT2D eigenvalue weighted by Gasteiger charge is -2.21. The molecule has 1 unspecified atom stereocenters. The van der Waals surface area contributed by atoms with E-state index in [-0.39, 0.29) is 30.9 Å². The van der Waals surface area contributed by atoms with Gasteiger partial charge >= 0.3 is 5.97 Å². The Morgan fingerprint density at radius 3 is 2.55 bits per heavy atom. The van der Waals surface area contributed by atoms with E-state index in [4.69, 9.17) is 4.98 Å². The second-order valence-corrected chi connectivity index (χ2v) is 7.54. The molecule has 0 radical (unpaired) electrons. The van der Waals surface area contributed by atoms with E-state index in [1.165, 1.54) is 7.11 Å². The van der Waals surface area contributed by atoms with Gasteiger partial charge in [0, 0.05) is 17.5 Å². The van der Waals surface area contributed by atoms with Gasteiger partial charge in [-0.3, -0.25) is 9.59 Å². The predicted octanol–water partition coefficient (Wildman–Crippen LogP) is 4.79. The quantitative estimate of drug-likeness (QED) is 0.488. The SMILES string of the molecule is CCCC(Nc1nc2ccccc2cc1C)c1ccc(C(=O)NCCC(=O)OC)cc1. The smallest absolute Gasteiger partial charge is 0.307 e. The fourth-order valence-electron chi connectivity index (χ4n) is 3.49. The summed E-state index contributed by atoms with van der Waals surface area (Å²) < 4.78 is 4.58. The summed E-state index contributed by atoms with van der Waals surface area (Å²) in [5, 5.41) is 7.46. The van der Waals surface area contributed by atoms with Gasteiger partial charge in [0.15, 0.2) is 0 Å². The number of aromatic nitrogens is 1. The molecule has 0 saturated heterocycles. The Hall–Kier alpha value is -3.41. The molecule has 0 aliphatic carbocycles. The number of nitrogens with zero attached hydrogens (tertiary/aromatic N) is 1. The first kappa shape index (κ1) is 22.3. The lowest BCUT2D eigenvalue weighted by molar-refractivity contribution is -0.140. The van der Waals surface area contributed by atoms with E-state index >= 15 is 0 Å². The van der Waals surface area contributed by atoms with Crippen LogP contribution in [0.5, 0.6) is 0 Å². The standard InChI is InChI=1S/C25H29N3O3/c1-4-7-21(27-24-17(2)16-20-8-5-6-9-22(20)28-24)18-10-12-19(13-11-18)25(30)26-15-14-23(29)31-3/h5-6,8-13,16,21H,4,7,14-15H2,1-3H3,(H,26,30)(H,27,28). The van der Waals surface area contributed by atoms with Gasteiger partial charge in [0.05, 0.1) is 25.1 Å². The average molecular weight is 420 g/mol. The van der Waals surface area contributed by atoms with Crippen LogP contribution in [-0.4, -0.2) is 30.5 Å². The summed E-state index contributed by atoms with van der Waals surface area (Å²) in [5.74, 6) is 0.325. The number of hydrogen-bond donors (Lipinski definition) is 2. The second-order valence-electron chi connectivity index (χ2n) is 7.54. The lowest BCUT2D eigenvalue weighted by Crippen LogP contribution is -2.26. The lowest BCUT2D eigenvalue weighted by atomic mass is 10.00. The first-order chi connectivity index (χ1) is 15.0. The van der Waals surface area contributed by atoms with Crippen molar-refractivity contribution in [2.75, 3.05) is 19.0 Å². The summed E-state index contributed by atoms with van der Waals surface area (Å²) in [6.07, 6.45) is 2.11. The molecule has 1 atom stereocenters. The molecule has 31 heavy (non-hydrogen) atoms. The molecule has 6 nitrogen and oxygen atoms in total. The van der Waals surface area contributed by atoms with E-state index in [9.17, 15) is 9.59 Å². The van der Waals surface area contributed by atoms with Gasteiger partial charge in [0.1, 0.15) is 5.82 Å². The Bertz CT molecular complexity index is 1050. The number of anilines is 1. The summed E-state index contributed by atoms with van der Waals surface area (Å²) in [6.45, 7) is 4.46. The number of esters is 1. The van der Waals surface area contributed by atoms with Crippen LogP contribution < -0.4 is 10.6 Å². The first-order valence-electron chi connectivity index (χ1n) is 10.6. The maximum atomic E-state index is 12.3. The fraction of sp³-hybridized carbons (Fsp3) is 0.320. The Labute approximate surface area is 183 Å². The topological polar surface area (TPSA) is 80.3 Å². The minimum absolute atomic E-state index is 0.0915. The van der Waals surface area contributed by atoms with E-state index in [0.717, 1.165) is 40.7 Å². The molecule has 162 valence electrons. The van der Waals surface area contributed by atoms with E-state index in [1.807, 2.05) is 42.5 Å². The minimum atomic E-state index is -0.346. The number of para-hydroxylation sites is 1.